The van der Waals surface area contributed by atoms with Gasteiger partial charge in [0.2, 0.25) is 0 Å². The molecule has 134 valence electrons. The van der Waals surface area contributed by atoms with Gasteiger partial charge in [-0.1, -0.05) is 19.9 Å². The normalized spacial score (nSPS) is 11.8. The van der Waals surface area contributed by atoms with Gasteiger partial charge in [0.05, 0.1) is 18.7 Å². The number of carbonyl (C=O) groups is 2. The average Bonchev–Trinajstić information content (AvgIpc) is 3.11. The second-order valence-electron chi connectivity index (χ2n) is 6.07. The van der Waals surface area contributed by atoms with Gasteiger partial charge in [-0.2, -0.15) is 0 Å². The van der Waals surface area contributed by atoms with Gasteiger partial charge in [-0.15, -0.1) is 11.3 Å². The predicted octanol–water partition coefficient (Wildman–Crippen LogP) is 3.64. The number of rotatable bonds is 8. The maximum atomic E-state index is 12.1. The molecule has 0 aliphatic heterocycles. The molecule has 0 saturated heterocycles. The molecule has 0 unspecified atom stereocenters. The Hall–Kier alpha value is -2.34. The summed E-state index contributed by atoms with van der Waals surface area (Å²) in [6.45, 7) is 6.74. The number of benzene rings is 1. The first-order chi connectivity index (χ1) is 12.0. The molecule has 0 aliphatic carbocycles. The zero-order valence-electron chi connectivity index (χ0n) is 14.7. The Balaban J connectivity index is 1.82. The summed E-state index contributed by atoms with van der Waals surface area (Å²) in [5, 5.41) is 4.70. The lowest BCUT2D eigenvalue weighted by Gasteiger charge is -2.13. The van der Waals surface area contributed by atoms with Crippen LogP contribution in [-0.2, 0) is 16.1 Å². The average molecular weight is 361 g/mol. The predicted molar refractivity (Wildman–Crippen MR) is 97.8 cm³/mol. The number of hydrogen-bond donors (Lipinski definition) is 1. The zero-order chi connectivity index (χ0) is 18.2. The monoisotopic (exact) mass is 361 g/mol. The minimum absolute atomic E-state index is 0.321. The van der Waals surface area contributed by atoms with Crippen LogP contribution < -0.4 is 10.1 Å². The van der Waals surface area contributed by atoms with Crippen LogP contribution in [0.25, 0.3) is 0 Å². The molecule has 0 spiro atoms. The third-order valence-corrected chi connectivity index (χ3v) is 4.22. The van der Waals surface area contributed by atoms with Crippen molar-refractivity contribution >= 4 is 23.2 Å². The summed E-state index contributed by atoms with van der Waals surface area (Å²) in [5.41, 5.74) is 0.384. The van der Waals surface area contributed by atoms with Crippen molar-refractivity contribution in [2.75, 3.05) is 6.61 Å². The molecule has 2 aromatic rings. The first-order valence-corrected chi connectivity index (χ1v) is 9.07. The second kappa shape index (κ2) is 9.22. The molecule has 5 nitrogen and oxygen atoms in total. The largest absolute Gasteiger partial charge is 0.493 e. The summed E-state index contributed by atoms with van der Waals surface area (Å²) < 4.78 is 10.8. The van der Waals surface area contributed by atoms with Crippen LogP contribution in [0.2, 0.25) is 0 Å². The Morgan fingerprint density at radius 3 is 2.44 bits per heavy atom. The third-order valence-electron chi connectivity index (χ3n) is 3.34. The number of hydrogen-bond acceptors (Lipinski definition) is 5. The van der Waals surface area contributed by atoms with Gasteiger partial charge in [0.25, 0.3) is 5.91 Å². The van der Waals surface area contributed by atoms with E-state index in [9.17, 15) is 9.59 Å². The van der Waals surface area contributed by atoms with Crippen molar-refractivity contribution in [3.05, 3.63) is 52.2 Å². The van der Waals surface area contributed by atoms with Crippen LogP contribution in [0.5, 0.6) is 5.75 Å². The highest BCUT2D eigenvalue weighted by Gasteiger charge is 2.18. The number of amides is 1. The minimum Gasteiger partial charge on any atom is -0.493 e. The van der Waals surface area contributed by atoms with Crippen LogP contribution in [0, 0.1) is 5.92 Å². The number of esters is 1. The number of nitrogens with one attached hydrogen (secondary N) is 1. The third kappa shape index (κ3) is 6.23. The molecule has 25 heavy (non-hydrogen) atoms. The second-order valence-corrected chi connectivity index (χ2v) is 7.11. The quantitative estimate of drug-likeness (QED) is 0.729. The van der Waals surface area contributed by atoms with Gasteiger partial charge in [-0.05, 0) is 48.6 Å². The Bertz CT molecular complexity index is 680. The van der Waals surface area contributed by atoms with Crippen LogP contribution in [-0.4, -0.2) is 24.6 Å². The van der Waals surface area contributed by atoms with E-state index in [2.05, 4.69) is 19.2 Å². The highest BCUT2D eigenvalue weighted by atomic mass is 32.1. The number of thiophene rings is 1. The first-order valence-electron chi connectivity index (χ1n) is 8.19. The van der Waals surface area contributed by atoms with Crippen molar-refractivity contribution in [2.24, 2.45) is 5.92 Å². The lowest BCUT2D eigenvalue weighted by atomic mass is 10.2. The summed E-state index contributed by atoms with van der Waals surface area (Å²) in [4.78, 5) is 25.2. The molecule has 1 aromatic heterocycles. The van der Waals surface area contributed by atoms with Crippen LogP contribution in [0.3, 0.4) is 0 Å². The van der Waals surface area contributed by atoms with E-state index in [1.165, 1.54) is 0 Å². The Labute approximate surface area is 152 Å². The van der Waals surface area contributed by atoms with Crippen LogP contribution in [0.4, 0.5) is 0 Å². The maximum Gasteiger partial charge on any atom is 0.338 e. The highest BCUT2D eigenvalue weighted by Crippen LogP contribution is 2.14. The molecule has 0 saturated carbocycles. The van der Waals surface area contributed by atoms with E-state index in [1.807, 2.05) is 17.5 Å². The van der Waals surface area contributed by atoms with Crippen molar-refractivity contribution in [1.29, 1.82) is 0 Å². The van der Waals surface area contributed by atoms with Crippen molar-refractivity contribution in [2.45, 2.75) is 33.4 Å². The summed E-state index contributed by atoms with van der Waals surface area (Å²) in [5.74, 6) is 0.276. The summed E-state index contributed by atoms with van der Waals surface area (Å²) in [6, 6.07) is 10.6. The van der Waals surface area contributed by atoms with E-state index >= 15 is 0 Å². The molecule has 0 radical (unpaired) electrons. The first kappa shape index (κ1) is 19.0. The Morgan fingerprint density at radius 2 is 1.84 bits per heavy atom. The molecular weight excluding hydrogens is 338 g/mol. The Kier molecular flexibility index (Phi) is 7.01. The molecule has 1 aromatic carbocycles. The molecule has 1 heterocycles. The smallest absolute Gasteiger partial charge is 0.338 e. The van der Waals surface area contributed by atoms with Crippen LogP contribution >= 0.6 is 11.3 Å². The molecule has 6 heteroatoms. The van der Waals surface area contributed by atoms with Gasteiger partial charge in [-0.25, -0.2) is 4.79 Å². The van der Waals surface area contributed by atoms with E-state index in [1.54, 1.807) is 42.5 Å². The SMILES string of the molecule is CC(C)COc1ccc(C(=O)O[C@@H](C)C(=O)NCc2cccs2)cc1. The molecule has 2 rings (SSSR count). The fourth-order valence-electron chi connectivity index (χ4n) is 1.96. The summed E-state index contributed by atoms with van der Waals surface area (Å²) in [7, 11) is 0. The van der Waals surface area contributed by atoms with Crippen molar-refractivity contribution in [3.8, 4) is 5.75 Å². The van der Waals surface area contributed by atoms with Gasteiger partial charge in [0, 0.05) is 4.88 Å². The topological polar surface area (TPSA) is 64.6 Å². The Morgan fingerprint density at radius 1 is 1.12 bits per heavy atom. The van der Waals surface area contributed by atoms with Crippen LogP contribution in [0.15, 0.2) is 41.8 Å². The molecule has 1 N–H and O–H groups in total. The van der Waals surface area contributed by atoms with Gasteiger partial charge < -0.3 is 14.8 Å². The van der Waals surface area contributed by atoms with E-state index in [-0.39, 0.29) is 5.91 Å². The lowest BCUT2D eigenvalue weighted by Crippen LogP contribution is -2.35. The fraction of sp³-hybridized carbons (Fsp3) is 0.368. The molecule has 0 bridgehead atoms. The molecule has 1 amide bonds. The lowest BCUT2D eigenvalue weighted by molar-refractivity contribution is -0.129. The van der Waals surface area contributed by atoms with Gasteiger partial charge in [0.15, 0.2) is 6.10 Å². The number of ether oxygens (including phenoxy) is 2. The van der Waals surface area contributed by atoms with E-state index in [0.29, 0.717) is 30.4 Å². The van der Waals surface area contributed by atoms with Gasteiger partial charge >= 0.3 is 5.97 Å². The molecule has 0 fully saturated rings. The summed E-state index contributed by atoms with van der Waals surface area (Å²) >= 11 is 1.56. The molecular formula is C19H23NO4S. The van der Waals surface area contributed by atoms with Gasteiger partial charge in [0.1, 0.15) is 5.75 Å². The molecule has 0 aliphatic rings. The summed E-state index contributed by atoms with van der Waals surface area (Å²) in [6.07, 6.45) is -0.857. The molecule has 1 atom stereocenters. The fourth-order valence-corrected chi connectivity index (χ4v) is 2.61. The minimum atomic E-state index is -0.857. The standard InChI is InChI=1S/C19H23NO4S/c1-13(2)12-23-16-8-6-15(7-9-16)19(22)24-14(3)18(21)20-11-17-5-4-10-25-17/h4-10,13-14H,11-12H2,1-3H3,(H,20,21)/t14-/m0/s1. The van der Waals surface area contributed by atoms with Crippen molar-refractivity contribution < 1.29 is 19.1 Å². The van der Waals surface area contributed by atoms with Gasteiger partial charge in [-0.3, -0.25) is 4.79 Å². The van der Waals surface area contributed by atoms with Crippen LogP contribution in [0.1, 0.15) is 36.0 Å². The highest BCUT2D eigenvalue weighted by molar-refractivity contribution is 7.09. The van der Waals surface area contributed by atoms with E-state index in [4.69, 9.17) is 9.47 Å². The van der Waals surface area contributed by atoms with E-state index in [0.717, 1.165) is 4.88 Å². The van der Waals surface area contributed by atoms with Crippen molar-refractivity contribution in [1.82, 2.24) is 5.32 Å². The maximum absolute atomic E-state index is 12.1. The van der Waals surface area contributed by atoms with Crippen molar-refractivity contribution in [3.63, 3.8) is 0 Å². The van der Waals surface area contributed by atoms with E-state index < -0.39 is 12.1 Å². The zero-order valence-corrected chi connectivity index (χ0v) is 15.5. The number of carbonyl (C=O) groups excluding carboxylic acids is 2.